The predicted octanol–water partition coefficient (Wildman–Crippen LogP) is 1.13. The maximum atomic E-state index is 11.7. The highest BCUT2D eigenvalue weighted by molar-refractivity contribution is 5.94. The topological polar surface area (TPSA) is 74.6 Å². The fourth-order valence-electron chi connectivity index (χ4n) is 1.79. The molecule has 0 saturated carbocycles. The zero-order valence-electron chi connectivity index (χ0n) is 9.87. The van der Waals surface area contributed by atoms with Crippen molar-refractivity contribution in [3.05, 3.63) is 23.2 Å². The van der Waals surface area contributed by atoms with Gasteiger partial charge in [-0.2, -0.15) is 0 Å². The van der Waals surface area contributed by atoms with Gasteiger partial charge in [-0.25, -0.2) is 14.5 Å². The summed E-state index contributed by atoms with van der Waals surface area (Å²) in [6.07, 6.45) is 0. The molecule has 6 heteroatoms. The van der Waals surface area contributed by atoms with Crippen LogP contribution >= 0.6 is 0 Å². The summed E-state index contributed by atoms with van der Waals surface area (Å²) in [6, 6.07) is 1.15. The number of carbonyl (C=O) groups excluding carboxylic acids is 2. The molecule has 1 saturated heterocycles. The SMILES string of the molecule is Cc1cc(CNC(=O)N2CCNC2=O)c(C)o1. The summed E-state index contributed by atoms with van der Waals surface area (Å²) in [5.74, 6) is 1.60. The molecule has 92 valence electrons. The average molecular weight is 237 g/mol. The number of urea groups is 2. The smallest absolute Gasteiger partial charge is 0.325 e. The van der Waals surface area contributed by atoms with Gasteiger partial charge < -0.3 is 15.1 Å². The number of carbonyl (C=O) groups is 2. The third-order valence-corrected chi connectivity index (χ3v) is 2.68. The molecule has 1 fully saturated rings. The zero-order chi connectivity index (χ0) is 12.4. The number of rotatable bonds is 2. The molecule has 1 aliphatic heterocycles. The summed E-state index contributed by atoms with van der Waals surface area (Å²) in [6.45, 7) is 4.99. The van der Waals surface area contributed by atoms with Crippen LogP contribution < -0.4 is 10.6 Å². The van der Waals surface area contributed by atoms with E-state index in [-0.39, 0.29) is 12.1 Å². The van der Waals surface area contributed by atoms with Gasteiger partial charge in [-0.1, -0.05) is 0 Å². The molecule has 2 N–H and O–H groups in total. The van der Waals surface area contributed by atoms with Gasteiger partial charge in [-0.15, -0.1) is 0 Å². The molecule has 0 radical (unpaired) electrons. The number of hydrogen-bond acceptors (Lipinski definition) is 3. The summed E-state index contributed by atoms with van der Waals surface area (Å²) in [5, 5.41) is 5.26. The molecule has 0 unspecified atom stereocenters. The second kappa shape index (κ2) is 4.48. The third kappa shape index (κ3) is 2.41. The van der Waals surface area contributed by atoms with E-state index in [4.69, 9.17) is 4.42 Å². The Bertz CT molecular complexity index is 453. The van der Waals surface area contributed by atoms with Crippen LogP contribution in [0.3, 0.4) is 0 Å². The average Bonchev–Trinajstić information content (AvgIpc) is 2.81. The van der Waals surface area contributed by atoms with Crippen LogP contribution in [0, 0.1) is 13.8 Å². The van der Waals surface area contributed by atoms with Crippen molar-refractivity contribution in [1.29, 1.82) is 0 Å². The molecule has 1 aromatic rings. The lowest BCUT2D eigenvalue weighted by atomic mass is 10.2. The van der Waals surface area contributed by atoms with Crippen molar-refractivity contribution in [2.24, 2.45) is 0 Å². The molecule has 2 heterocycles. The van der Waals surface area contributed by atoms with Gasteiger partial charge in [0.1, 0.15) is 11.5 Å². The summed E-state index contributed by atoms with van der Waals surface area (Å²) in [7, 11) is 0. The molecule has 4 amide bonds. The van der Waals surface area contributed by atoms with Crippen LogP contribution in [-0.4, -0.2) is 30.1 Å². The maximum Gasteiger partial charge on any atom is 0.325 e. The highest BCUT2D eigenvalue weighted by atomic mass is 16.3. The standard InChI is InChI=1S/C11H15N3O3/c1-7-5-9(8(2)17-7)6-13-11(16)14-4-3-12-10(14)15/h5H,3-4,6H2,1-2H3,(H,12,15)(H,13,16). The van der Waals surface area contributed by atoms with E-state index in [0.29, 0.717) is 19.6 Å². The Kier molecular flexibility index (Phi) is 3.03. The van der Waals surface area contributed by atoms with E-state index in [9.17, 15) is 9.59 Å². The van der Waals surface area contributed by atoms with Crippen LogP contribution in [0.1, 0.15) is 17.1 Å². The van der Waals surface area contributed by atoms with E-state index in [1.165, 1.54) is 0 Å². The summed E-state index contributed by atoms with van der Waals surface area (Å²) in [5.41, 5.74) is 0.926. The fraction of sp³-hybridized carbons (Fsp3) is 0.455. The Morgan fingerprint density at radius 2 is 2.35 bits per heavy atom. The lowest BCUT2D eigenvalue weighted by molar-refractivity contribution is 0.198. The van der Waals surface area contributed by atoms with Crippen LogP contribution in [0.25, 0.3) is 0 Å². The van der Waals surface area contributed by atoms with E-state index < -0.39 is 0 Å². The molecule has 0 atom stereocenters. The molecule has 17 heavy (non-hydrogen) atoms. The Labute approximate surface area is 99.0 Å². The van der Waals surface area contributed by atoms with Crippen LogP contribution in [0.2, 0.25) is 0 Å². The highest BCUT2D eigenvalue weighted by Crippen LogP contribution is 2.13. The Morgan fingerprint density at radius 3 is 2.88 bits per heavy atom. The largest absolute Gasteiger partial charge is 0.466 e. The molecule has 0 aromatic carbocycles. The Balaban J connectivity index is 1.92. The monoisotopic (exact) mass is 237 g/mol. The normalized spacial score (nSPS) is 14.9. The number of nitrogens with one attached hydrogen (secondary N) is 2. The van der Waals surface area contributed by atoms with Gasteiger partial charge in [-0.3, -0.25) is 0 Å². The van der Waals surface area contributed by atoms with E-state index >= 15 is 0 Å². The maximum absolute atomic E-state index is 11.7. The molecule has 1 aliphatic rings. The van der Waals surface area contributed by atoms with E-state index in [1.807, 2.05) is 19.9 Å². The van der Waals surface area contributed by atoms with Crippen molar-refractivity contribution in [3.8, 4) is 0 Å². The summed E-state index contributed by atoms with van der Waals surface area (Å²) >= 11 is 0. The number of imide groups is 1. The van der Waals surface area contributed by atoms with Gasteiger partial charge in [0.25, 0.3) is 0 Å². The number of furan rings is 1. The van der Waals surface area contributed by atoms with Gasteiger partial charge in [-0.05, 0) is 19.9 Å². The molecule has 6 nitrogen and oxygen atoms in total. The minimum absolute atomic E-state index is 0.345. The minimum atomic E-state index is -0.377. The molecule has 0 aliphatic carbocycles. The second-order valence-electron chi connectivity index (χ2n) is 3.98. The quantitative estimate of drug-likeness (QED) is 0.809. The van der Waals surface area contributed by atoms with Crippen LogP contribution in [0.15, 0.2) is 10.5 Å². The first kappa shape index (κ1) is 11.5. The number of amides is 4. The zero-order valence-corrected chi connectivity index (χ0v) is 9.87. The van der Waals surface area contributed by atoms with Crippen molar-refractivity contribution >= 4 is 12.1 Å². The summed E-state index contributed by atoms with van der Waals surface area (Å²) in [4.78, 5) is 24.1. The van der Waals surface area contributed by atoms with Gasteiger partial charge in [0.15, 0.2) is 0 Å². The van der Waals surface area contributed by atoms with Crippen LogP contribution in [0.4, 0.5) is 9.59 Å². The van der Waals surface area contributed by atoms with E-state index in [1.54, 1.807) is 0 Å². The fourth-order valence-corrected chi connectivity index (χ4v) is 1.79. The van der Waals surface area contributed by atoms with Gasteiger partial charge >= 0.3 is 12.1 Å². The number of hydrogen-bond donors (Lipinski definition) is 2. The first-order chi connectivity index (χ1) is 8.08. The third-order valence-electron chi connectivity index (χ3n) is 2.68. The first-order valence-electron chi connectivity index (χ1n) is 5.47. The van der Waals surface area contributed by atoms with Gasteiger partial charge in [0.05, 0.1) is 0 Å². The van der Waals surface area contributed by atoms with E-state index in [2.05, 4.69) is 10.6 Å². The second-order valence-corrected chi connectivity index (χ2v) is 3.98. The van der Waals surface area contributed by atoms with Crippen LogP contribution in [-0.2, 0) is 6.54 Å². The van der Waals surface area contributed by atoms with E-state index in [0.717, 1.165) is 22.0 Å². The molecular weight excluding hydrogens is 222 g/mol. The van der Waals surface area contributed by atoms with Crippen LogP contribution in [0.5, 0.6) is 0 Å². The van der Waals surface area contributed by atoms with Crippen molar-refractivity contribution in [3.63, 3.8) is 0 Å². The molecule has 2 rings (SSSR count). The predicted molar refractivity (Wildman–Crippen MR) is 60.5 cm³/mol. The van der Waals surface area contributed by atoms with Crippen molar-refractivity contribution < 1.29 is 14.0 Å². The minimum Gasteiger partial charge on any atom is -0.466 e. The van der Waals surface area contributed by atoms with Crippen molar-refractivity contribution in [2.75, 3.05) is 13.1 Å². The molecule has 0 spiro atoms. The Hall–Kier alpha value is -1.98. The lowest BCUT2D eigenvalue weighted by Gasteiger charge is -2.12. The lowest BCUT2D eigenvalue weighted by Crippen LogP contribution is -2.41. The molecular formula is C11H15N3O3. The highest BCUT2D eigenvalue weighted by Gasteiger charge is 2.25. The van der Waals surface area contributed by atoms with Gasteiger partial charge in [0, 0.05) is 25.2 Å². The summed E-state index contributed by atoms with van der Waals surface area (Å²) < 4.78 is 5.35. The molecule has 0 bridgehead atoms. The molecule has 1 aromatic heterocycles. The number of aryl methyl sites for hydroxylation is 2. The number of nitrogens with zero attached hydrogens (tertiary/aromatic N) is 1. The van der Waals surface area contributed by atoms with Crippen molar-refractivity contribution in [1.82, 2.24) is 15.5 Å². The van der Waals surface area contributed by atoms with Crippen molar-refractivity contribution in [2.45, 2.75) is 20.4 Å². The Morgan fingerprint density at radius 1 is 1.59 bits per heavy atom. The first-order valence-corrected chi connectivity index (χ1v) is 5.47. The van der Waals surface area contributed by atoms with Gasteiger partial charge in [0.2, 0.25) is 0 Å².